The number of halogens is 1. The van der Waals surface area contributed by atoms with E-state index in [2.05, 4.69) is 50.7 Å². The Balaban J connectivity index is 2.12. The predicted octanol–water partition coefficient (Wildman–Crippen LogP) is 3.84. The molecule has 2 heterocycles. The van der Waals surface area contributed by atoms with Crippen molar-refractivity contribution in [1.29, 1.82) is 0 Å². The number of aromatic nitrogens is 4. The Hall–Kier alpha value is -1.62. The topological polar surface area (TPSA) is 35.6 Å². The first-order chi connectivity index (χ1) is 10.1. The van der Waals surface area contributed by atoms with E-state index in [0.717, 1.165) is 40.9 Å². The molecule has 3 aromatic rings. The number of aryl methyl sites for hydroxylation is 3. The molecule has 0 radical (unpaired) electrons. The van der Waals surface area contributed by atoms with Gasteiger partial charge in [-0.2, -0.15) is 5.10 Å². The van der Waals surface area contributed by atoms with Crippen LogP contribution in [-0.2, 0) is 20.0 Å². The van der Waals surface area contributed by atoms with E-state index in [4.69, 9.17) is 4.98 Å². The summed E-state index contributed by atoms with van der Waals surface area (Å²) in [6.07, 6.45) is 2.08. The van der Waals surface area contributed by atoms with E-state index in [9.17, 15) is 0 Å². The van der Waals surface area contributed by atoms with Gasteiger partial charge >= 0.3 is 0 Å². The van der Waals surface area contributed by atoms with Crippen LogP contribution in [0.5, 0.6) is 0 Å². The first kappa shape index (κ1) is 14.3. The van der Waals surface area contributed by atoms with Gasteiger partial charge in [0.2, 0.25) is 0 Å². The summed E-state index contributed by atoms with van der Waals surface area (Å²) in [5.74, 6) is 1.14. The molecule has 5 heteroatoms. The molecule has 3 rings (SSSR count). The van der Waals surface area contributed by atoms with Crippen molar-refractivity contribution in [3.05, 3.63) is 46.0 Å². The number of para-hydroxylation sites is 2. The quantitative estimate of drug-likeness (QED) is 0.719. The molecule has 0 aliphatic heterocycles. The van der Waals surface area contributed by atoms with Gasteiger partial charge in [-0.1, -0.05) is 19.1 Å². The van der Waals surface area contributed by atoms with Gasteiger partial charge in [0.15, 0.2) is 0 Å². The second kappa shape index (κ2) is 5.64. The minimum atomic E-state index is 0.785. The molecule has 0 atom stereocenters. The molecule has 0 aliphatic carbocycles. The van der Waals surface area contributed by atoms with Crippen LogP contribution >= 0.6 is 15.9 Å². The van der Waals surface area contributed by atoms with E-state index >= 15 is 0 Å². The third-order valence-electron chi connectivity index (χ3n) is 3.78. The Bertz CT molecular complexity index is 785. The molecule has 0 saturated heterocycles. The van der Waals surface area contributed by atoms with E-state index in [0.29, 0.717) is 0 Å². The molecule has 0 saturated carbocycles. The number of fused-ring (bicyclic) bond motifs is 1. The Kier molecular flexibility index (Phi) is 3.85. The molecular formula is C16H19BrN4. The number of imidazole rings is 1. The fraction of sp³-hybridized carbons (Fsp3) is 0.375. The molecule has 0 spiro atoms. The molecule has 1 aromatic carbocycles. The van der Waals surface area contributed by atoms with Gasteiger partial charge in [0.1, 0.15) is 5.82 Å². The molecular weight excluding hydrogens is 328 g/mol. The van der Waals surface area contributed by atoms with Crippen molar-refractivity contribution in [2.75, 3.05) is 0 Å². The minimum absolute atomic E-state index is 0.785. The Morgan fingerprint density at radius 1 is 1.24 bits per heavy atom. The van der Waals surface area contributed by atoms with E-state index in [1.807, 2.05) is 24.7 Å². The summed E-state index contributed by atoms with van der Waals surface area (Å²) in [4.78, 5) is 4.78. The van der Waals surface area contributed by atoms with Crippen LogP contribution in [0, 0.1) is 6.92 Å². The summed E-state index contributed by atoms with van der Waals surface area (Å²) in [6, 6.07) is 8.33. The highest BCUT2D eigenvalue weighted by molar-refractivity contribution is 9.10. The Labute approximate surface area is 132 Å². The predicted molar refractivity (Wildman–Crippen MR) is 88.5 cm³/mol. The summed E-state index contributed by atoms with van der Waals surface area (Å²) in [7, 11) is 1.99. The Morgan fingerprint density at radius 3 is 2.67 bits per heavy atom. The van der Waals surface area contributed by atoms with Crippen LogP contribution in [0.1, 0.15) is 30.6 Å². The lowest BCUT2D eigenvalue weighted by Crippen LogP contribution is -2.09. The van der Waals surface area contributed by atoms with Gasteiger partial charge in [0.05, 0.1) is 33.4 Å². The van der Waals surface area contributed by atoms with Crippen LogP contribution in [-0.4, -0.2) is 19.3 Å². The maximum absolute atomic E-state index is 4.78. The van der Waals surface area contributed by atoms with Crippen LogP contribution in [0.2, 0.25) is 0 Å². The van der Waals surface area contributed by atoms with E-state index in [1.165, 1.54) is 11.2 Å². The van der Waals surface area contributed by atoms with Gasteiger partial charge in [-0.05, 0) is 41.4 Å². The molecule has 0 unspecified atom stereocenters. The van der Waals surface area contributed by atoms with E-state index in [1.54, 1.807) is 0 Å². The SMILES string of the molecule is CCCc1nc2ccccc2n1Cc1c(Br)c(C)nn1C. The zero-order valence-corrected chi connectivity index (χ0v) is 14.2. The average Bonchev–Trinajstić information content (AvgIpc) is 2.92. The molecule has 110 valence electrons. The fourth-order valence-electron chi connectivity index (χ4n) is 2.72. The zero-order chi connectivity index (χ0) is 15.0. The summed E-state index contributed by atoms with van der Waals surface area (Å²) in [6.45, 7) is 4.99. The number of nitrogens with zero attached hydrogens (tertiary/aromatic N) is 4. The third-order valence-corrected chi connectivity index (χ3v) is 4.81. The maximum Gasteiger partial charge on any atom is 0.110 e. The van der Waals surface area contributed by atoms with Crippen LogP contribution in [0.15, 0.2) is 28.7 Å². The average molecular weight is 347 g/mol. The highest BCUT2D eigenvalue weighted by Gasteiger charge is 2.15. The number of hydrogen-bond donors (Lipinski definition) is 0. The molecule has 4 nitrogen and oxygen atoms in total. The van der Waals surface area contributed by atoms with Crippen LogP contribution in [0.25, 0.3) is 11.0 Å². The standard InChI is InChI=1S/C16H19BrN4/c1-4-7-15-18-12-8-5-6-9-13(12)21(15)10-14-16(17)11(2)19-20(14)3/h5-6,8-9H,4,7,10H2,1-3H3. The largest absolute Gasteiger partial charge is 0.322 e. The molecule has 0 fully saturated rings. The lowest BCUT2D eigenvalue weighted by molar-refractivity contribution is 0.645. The molecule has 0 N–H and O–H groups in total. The molecule has 0 bridgehead atoms. The summed E-state index contributed by atoms with van der Waals surface area (Å²) in [5, 5.41) is 4.48. The lowest BCUT2D eigenvalue weighted by Gasteiger charge is -2.10. The van der Waals surface area contributed by atoms with Crippen LogP contribution < -0.4 is 0 Å². The second-order valence-corrected chi connectivity index (χ2v) is 6.12. The van der Waals surface area contributed by atoms with Gasteiger partial charge in [-0.15, -0.1) is 0 Å². The van der Waals surface area contributed by atoms with Crippen molar-refractivity contribution >= 4 is 27.0 Å². The highest BCUT2D eigenvalue weighted by Crippen LogP contribution is 2.24. The van der Waals surface area contributed by atoms with Crippen molar-refractivity contribution in [2.45, 2.75) is 33.2 Å². The smallest absolute Gasteiger partial charge is 0.110 e. The summed E-state index contributed by atoms with van der Waals surface area (Å²) in [5.41, 5.74) is 4.45. The van der Waals surface area contributed by atoms with Crippen molar-refractivity contribution in [2.24, 2.45) is 7.05 Å². The third kappa shape index (κ3) is 2.50. The molecule has 2 aromatic heterocycles. The maximum atomic E-state index is 4.78. The number of benzene rings is 1. The molecule has 0 aliphatic rings. The fourth-order valence-corrected chi connectivity index (χ4v) is 3.18. The monoisotopic (exact) mass is 346 g/mol. The molecule has 21 heavy (non-hydrogen) atoms. The second-order valence-electron chi connectivity index (χ2n) is 5.32. The van der Waals surface area contributed by atoms with E-state index < -0.39 is 0 Å². The van der Waals surface area contributed by atoms with Crippen molar-refractivity contribution in [3.63, 3.8) is 0 Å². The first-order valence-electron chi connectivity index (χ1n) is 7.24. The summed E-state index contributed by atoms with van der Waals surface area (Å²) >= 11 is 3.66. The number of rotatable bonds is 4. The van der Waals surface area contributed by atoms with Crippen LogP contribution in [0.3, 0.4) is 0 Å². The van der Waals surface area contributed by atoms with E-state index in [-0.39, 0.29) is 0 Å². The van der Waals surface area contributed by atoms with Gasteiger partial charge in [0.25, 0.3) is 0 Å². The van der Waals surface area contributed by atoms with Crippen molar-refractivity contribution in [1.82, 2.24) is 19.3 Å². The van der Waals surface area contributed by atoms with Gasteiger partial charge in [-0.3, -0.25) is 4.68 Å². The Morgan fingerprint density at radius 2 is 2.00 bits per heavy atom. The zero-order valence-electron chi connectivity index (χ0n) is 12.6. The lowest BCUT2D eigenvalue weighted by atomic mass is 10.3. The van der Waals surface area contributed by atoms with Gasteiger partial charge < -0.3 is 4.57 Å². The highest BCUT2D eigenvalue weighted by atomic mass is 79.9. The normalized spacial score (nSPS) is 11.4. The van der Waals surface area contributed by atoms with Crippen molar-refractivity contribution in [3.8, 4) is 0 Å². The first-order valence-corrected chi connectivity index (χ1v) is 8.03. The summed E-state index contributed by atoms with van der Waals surface area (Å²) < 4.78 is 5.34. The van der Waals surface area contributed by atoms with Crippen molar-refractivity contribution < 1.29 is 0 Å². The minimum Gasteiger partial charge on any atom is -0.322 e. The van der Waals surface area contributed by atoms with Crippen LogP contribution in [0.4, 0.5) is 0 Å². The number of hydrogen-bond acceptors (Lipinski definition) is 2. The molecule has 0 amide bonds. The van der Waals surface area contributed by atoms with Gasteiger partial charge in [-0.25, -0.2) is 4.98 Å². The van der Waals surface area contributed by atoms with Gasteiger partial charge in [0, 0.05) is 13.5 Å².